The van der Waals surface area contributed by atoms with Crippen LogP contribution in [0.25, 0.3) is 0 Å². The molecule has 1 N–H and O–H groups in total. The summed E-state index contributed by atoms with van der Waals surface area (Å²) in [7, 11) is 1.84. The first-order chi connectivity index (χ1) is 11.7. The number of ether oxygens (including phenoxy) is 2. The summed E-state index contributed by atoms with van der Waals surface area (Å²) in [5, 5.41) is 7.40. The zero-order valence-electron chi connectivity index (χ0n) is 13.9. The fourth-order valence-corrected chi connectivity index (χ4v) is 2.76. The third-order valence-electron chi connectivity index (χ3n) is 4.09. The Morgan fingerprint density at radius 2 is 2.25 bits per heavy atom. The second-order valence-corrected chi connectivity index (χ2v) is 5.95. The number of carbonyl (C=O) groups excluding carboxylic acids is 1. The second kappa shape index (κ2) is 7.97. The summed E-state index contributed by atoms with van der Waals surface area (Å²) in [6, 6.07) is 11.4. The number of carbonyl (C=O) groups is 1. The molecule has 0 radical (unpaired) electrons. The summed E-state index contributed by atoms with van der Waals surface area (Å²) in [6.07, 6.45) is 2.43. The van der Waals surface area contributed by atoms with Crippen LogP contribution in [0.5, 0.6) is 5.75 Å². The largest absolute Gasteiger partial charge is 0.493 e. The lowest BCUT2D eigenvalue weighted by Gasteiger charge is -2.19. The van der Waals surface area contributed by atoms with Gasteiger partial charge in [-0.05, 0) is 25.0 Å². The molecule has 2 aromatic rings. The van der Waals surface area contributed by atoms with E-state index in [1.54, 1.807) is 4.68 Å². The molecule has 6 nitrogen and oxygen atoms in total. The first kappa shape index (κ1) is 16.5. The van der Waals surface area contributed by atoms with Crippen LogP contribution >= 0.6 is 0 Å². The number of aryl methyl sites for hydroxylation is 1. The van der Waals surface area contributed by atoms with Gasteiger partial charge >= 0.3 is 0 Å². The molecular formula is C18H23N3O3. The second-order valence-electron chi connectivity index (χ2n) is 5.95. The van der Waals surface area contributed by atoms with Crippen molar-refractivity contribution in [3.8, 4) is 5.75 Å². The van der Waals surface area contributed by atoms with Crippen molar-refractivity contribution >= 4 is 11.7 Å². The highest BCUT2D eigenvalue weighted by molar-refractivity contribution is 5.90. The van der Waals surface area contributed by atoms with Gasteiger partial charge in [-0.15, -0.1) is 0 Å². The minimum atomic E-state index is -0.0830. The molecule has 1 aromatic heterocycles. The normalized spacial score (nSPS) is 17.5. The maximum Gasteiger partial charge on any atom is 0.228 e. The first-order valence-corrected chi connectivity index (χ1v) is 8.32. The van der Waals surface area contributed by atoms with Gasteiger partial charge in [-0.3, -0.25) is 9.48 Å². The number of amides is 1. The number of nitrogens with zero attached hydrogens (tertiary/aromatic N) is 2. The van der Waals surface area contributed by atoms with Crippen LogP contribution < -0.4 is 10.1 Å². The number of hydrogen-bond acceptors (Lipinski definition) is 4. The fraction of sp³-hybridized carbons (Fsp3) is 0.444. The van der Waals surface area contributed by atoms with E-state index in [2.05, 4.69) is 10.4 Å². The zero-order valence-corrected chi connectivity index (χ0v) is 13.9. The maximum atomic E-state index is 12.1. The standard InChI is InChI=1S/C18H23N3O3/c1-21-17(12-16(20-21)14-6-5-10-23-13-14)19-18(22)9-11-24-15-7-3-2-4-8-15/h2-4,7-8,12,14H,5-6,9-11,13H2,1H3,(H,19,22)/t14-/m0/s1. The number of hydrogen-bond donors (Lipinski definition) is 1. The summed E-state index contributed by atoms with van der Waals surface area (Å²) >= 11 is 0. The maximum absolute atomic E-state index is 12.1. The van der Waals surface area contributed by atoms with Gasteiger partial charge in [0.2, 0.25) is 5.91 Å². The van der Waals surface area contributed by atoms with E-state index >= 15 is 0 Å². The van der Waals surface area contributed by atoms with E-state index < -0.39 is 0 Å². The summed E-state index contributed by atoms with van der Waals surface area (Å²) in [4.78, 5) is 12.1. The molecule has 0 bridgehead atoms. The molecule has 1 saturated heterocycles. The van der Waals surface area contributed by atoms with E-state index in [4.69, 9.17) is 9.47 Å². The van der Waals surface area contributed by atoms with Gasteiger partial charge in [0.15, 0.2) is 0 Å². The number of para-hydroxylation sites is 1. The van der Waals surface area contributed by atoms with Crippen molar-refractivity contribution in [1.29, 1.82) is 0 Å². The lowest BCUT2D eigenvalue weighted by Crippen LogP contribution is -2.17. The van der Waals surface area contributed by atoms with E-state index in [9.17, 15) is 4.79 Å². The van der Waals surface area contributed by atoms with E-state index in [0.29, 0.717) is 31.4 Å². The van der Waals surface area contributed by atoms with Gasteiger partial charge in [0.25, 0.3) is 0 Å². The molecule has 2 heterocycles. The molecule has 1 amide bonds. The molecule has 0 unspecified atom stereocenters. The van der Waals surface area contributed by atoms with Gasteiger partial charge in [-0.2, -0.15) is 5.10 Å². The number of rotatable bonds is 6. The average Bonchev–Trinajstić information content (AvgIpc) is 2.97. The third-order valence-corrected chi connectivity index (χ3v) is 4.09. The first-order valence-electron chi connectivity index (χ1n) is 8.32. The molecule has 1 atom stereocenters. The van der Waals surface area contributed by atoms with Crippen LogP contribution in [-0.4, -0.2) is 35.5 Å². The lowest BCUT2D eigenvalue weighted by atomic mass is 9.99. The molecule has 3 rings (SSSR count). The van der Waals surface area contributed by atoms with Crippen LogP contribution in [0.1, 0.15) is 30.9 Å². The van der Waals surface area contributed by atoms with Crippen LogP contribution in [0.3, 0.4) is 0 Å². The predicted octanol–water partition coefficient (Wildman–Crippen LogP) is 2.72. The Morgan fingerprint density at radius 3 is 3.00 bits per heavy atom. The Kier molecular flexibility index (Phi) is 5.48. The van der Waals surface area contributed by atoms with Gasteiger partial charge in [-0.25, -0.2) is 0 Å². The fourth-order valence-electron chi connectivity index (χ4n) is 2.76. The van der Waals surface area contributed by atoms with Crippen molar-refractivity contribution in [1.82, 2.24) is 9.78 Å². The molecule has 0 aliphatic carbocycles. The van der Waals surface area contributed by atoms with Gasteiger partial charge in [-0.1, -0.05) is 18.2 Å². The van der Waals surface area contributed by atoms with Gasteiger partial charge in [0, 0.05) is 25.6 Å². The summed E-state index contributed by atoms with van der Waals surface area (Å²) in [6.45, 7) is 1.88. The molecular weight excluding hydrogens is 306 g/mol. The third kappa shape index (κ3) is 4.35. The Hall–Kier alpha value is -2.34. The predicted molar refractivity (Wildman–Crippen MR) is 91.2 cm³/mol. The molecule has 1 aromatic carbocycles. The Balaban J connectivity index is 1.49. The van der Waals surface area contributed by atoms with E-state index in [0.717, 1.165) is 30.9 Å². The summed E-state index contributed by atoms with van der Waals surface area (Å²) < 4.78 is 12.8. The van der Waals surface area contributed by atoms with Crippen LogP contribution in [-0.2, 0) is 16.6 Å². The summed E-state index contributed by atoms with van der Waals surface area (Å²) in [5.74, 6) is 1.71. The van der Waals surface area contributed by atoms with Gasteiger partial charge in [0.05, 0.1) is 25.3 Å². The molecule has 1 aliphatic heterocycles. The molecule has 0 spiro atoms. The lowest BCUT2D eigenvalue weighted by molar-refractivity contribution is -0.116. The van der Waals surface area contributed by atoms with Crippen molar-refractivity contribution in [3.05, 3.63) is 42.1 Å². The van der Waals surface area contributed by atoms with Crippen LogP contribution in [0.4, 0.5) is 5.82 Å². The monoisotopic (exact) mass is 329 g/mol. The minimum absolute atomic E-state index is 0.0830. The number of nitrogens with one attached hydrogen (secondary N) is 1. The molecule has 0 saturated carbocycles. The van der Waals surface area contributed by atoms with Crippen LogP contribution in [0, 0.1) is 0 Å². The van der Waals surface area contributed by atoms with Crippen LogP contribution in [0.15, 0.2) is 36.4 Å². The van der Waals surface area contributed by atoms with E-state index in [-0.39, 0.29) is 5.91 Å². The zero-order chi connectivity index (χ0) is 16.8. The molecule has 128 valence electrons. The molecule has 6 heteroatoms. The highest BCUT2D eigenvalue weighted by Crippen LogP contribution is 2.26. The van der Waals surface area contributed by atoms with Crippen molar-refractivity contribution in [2.75, 3.05) is 25.1 Å². The van der Waals surface area contributed by atoms with Crippen molar-refractivity contribution in [2.45, 2.75) is 25.2 Å². The Labute approximate surface area is 141 Å². The number of aromatic nitrogens is 2. The van der Waals surface area contributed by atoms with Crippen LogP contribution in [0.2, 0.25) is 0 Å². The molecule has 1 fully saturated rings. The minimum Gasteiger partial charge on any atom is -0.493 e. The van der Waals surface area contributed by atoms with Crippen molar-refractivity contribution < 1.29 is 14.3 Å². The average molecular weight is 329 g/mol. The SMILES string of the molecule is Cn1nc([C@H]2CCCOC2)cc1NC(=O)CCOc1ccccc1. The number of benzene rings is 1. The highest BCUT2D eigenvalue weighted by atomic mass is 16.5. The van der Waals surface area contributed by atoms with Crippen molar-refractivity contribution in [2.24, 2.45) is 7.05 Å². The summed E-state index contributed by atoms with van der Waals surface area (Å²) in [5.41, 5.74) is 0.980. The quantitative estimate of drug-likeness (QED) is 0.885. The van der Waals surface area contributed by atoms with Gasteiger partial charge < -0.3 is 14.8 Å². The Morgan fingerprint density at radius 1 is 1.42 bits per heavy atom. The molecule has 1 aliphatic rings. The number of anilines is 1. The van der Waals surface area contributed by atoms with Gasteiger partial charge in [0.1, 0.15) is 11.6 Å². The highest BCUT2D eigenvalue weighted by Gasteiger charge is 2.20. The van der Waals surface area contributed by atoms with E-state index in [1.807, 2.05) is 43.4 Å². The topological polar surface area (TPSA) is 65.4 Å². The smallest absolute Gasteiger partial charge is 0.228 e. The Bertz CT molecular complexity index is 663. The van der Waals surface area contributed by atoms with Crippen molar-refractivity contribution in [3.63, 3.8) is 0 Å². The van der Waals surface area contributed by atoms with E-state index in [1.165, 1.54) is 0 Å². The molecule has 24 heavy (non-hydrogen) atoms.